The fraction of sp³-hybridized carbons (Fsp3) is 0.263. The number of fused-ring (bicyclic) bond motifs is 1. The van der Waals surface area contributed by atoms with Gasteiger partial charge in [0.05, 0.1) is 28.6 Å². The van der Waals surface area contributed by atoms with Gasteiger partial charge in [0, 0.05) is 31.2 Å². The molecule has 1 aromatic carbocycles. The van der Waals surface area contributed by atoms with Gasteiger partial charge < -0.3 is 15.5 Å². The Hall–Kier alpha value is -3.64. The lowest BCUT2D eigenvalue weighted by Crippen LogP contribution is -2.48. The van der Waals surface area contributed by atoms with Gasteiger partial charge in [-0.05, 0) is 24.3 Å². The van der Waals surface area contributed by atoms with E-state index < -0.39 is 29.2 Å². The number of amides is 1. The number of nitrogens with one attached hydrogen (secondary N) is 2. The summed E-state index contributed by atoms with van der Waals surface area (Å²) in [5, 5.41) is 5.46. The van der Waals surface area contributed by atoms with Gasteiger partial charge in [-0.1, -0.05) is 0 Å². The molecule has 1 fully saturated rings. The number of hydrogen-bond donors (Lipinski definition) is 2. The third kappa shape index (κ3) is 4.50. The number of anilines is 3. The molecule has 0 atom stereocenters. The molecule has 1 aliphatic heterocycles. The zero-order chi connectivity index (χ0) is 23.1. The van der Waals surface area contributed by atoms with Crippen molar-refractivity contribution in [3.63, 3.8) is 0 Å². The number of halogens is 6. The fourth-order valence-electron chi connectivity index (χ4n) is 3.17. The van der Waals surface area contributed by atoms with Crippen LogP contribution in [0.25, 0.3) is 10.9 Å². The number of aromatic nitrogens is 3. The van der Waals surface area contributed by atoms with Crippen molar-refractivity contribution in [1.82, 2.24) is 20.3 Å². The van der Waals surface area contributed by atoms with Crippen LogP contribution in [0.1, 0.15) is 11.1 Å². The van der Waals surface area contributed by atoms with Crippen LogP contribution in [0.3, 0.4) is 0 Å². The van der Waals surface area contributed by atoms with Crippen LogP contribution >= 0.6 is 0 Å². The molecule has 13 heteroatoms. The quantitative estimate of drug-likeness (QED) is 0.585. The summed E-state index contributed by atoms with van der Waals surface area (Å²) in [4.78, 5) is 25.8. The van der Waals surface area contributed by atoms with Gasteiger partial charge in [-0.15, -0.1) is 0 Å². The summed E-state index contributed by atoms with van der Waals surface area (Å²) < 4.78 is 79.2. The predicted molar refractivity (Wildman–Crippen MR) is 102 cm³/mol. The Balaban J connectivity index is 1.81. The van der Waals surface area contributed by atoms with Crippen molar-refractivity contribution in [1.29, 1.82) is 0 Å². The SMILES string of the molecule is O=C1CN(c2nc(Nc3cc(C(F)(F)F)cc(C(F)(F)F)c3)c3cnccc3n2)CCN1. The third-order valence-corrected chi connectivity index (χ3v) is 4.66. The van der Waals surface area contributed by atoms with E-state index in [2.05, 4.69) is 25.6 Å². The van der Waals surface area contributed by atoms with Gasteiger partial charge >= 0.3 is 12.4 Å². The van der Waals surface area contributed by atoms with Gasteiger partial charge in [-0.3, -0.25) is 9.78 Å². The van der Waals surface area contributed by atoms with E-state index in [1.54, 1.807) is 4.90 Å². The minimum absolute atomic E-state index is 0.0438. The lowest BCUT2D eigenvalue weighted by Gasteiger charge is -2.27. The Morgan fingerprint density at radius 2 is 1.69 bits per heavy atom. The molecular formula is C19H14F6N6O. The van der Waals surface area contributed by atoms with Gasteiger partial charge in [0.2, 0.25) is 11.9 Å². The Bertz CT molecular complexity index is 1150. The summed E-state index contributed by atoms with van der Waals surface area (Å²) >= 11 is 0. The standard InChI is InChI=1S/C19H14F6N6O/c20-18(21,22)10-5-11(19(23,24)25)7-12(6-10)28-16-13-8-26-2-1-14(13)29-17(30-16)31-4-3-27-15(32)9-31/h1-2,5-8H,3-4,9H2,(H,27,32)(H,28,29,30). The van der Waals surface area contributed by atoms with Crippen LogP contribution in [0.4, 0.5) is 43.8 Å². The molecule has 32 heavy (non-hydrogen) atoms. The van der Waals surface area contributed by atoms with E-state index in [1.807, 2.05) is 0 Å². The number of carbonyl (C=O) groups is 1. The number of piperazine rings is 1. The van der Waals surface area contributed by atoms with E-state index in [-0.39, 0.29) is 35.7 Å². The zero-order valence-corrected chi connectivity index (χ0v) is 16.1. The van der Waals surface area contributed by atoms with Crippen LogP contribution in [0.15, 0.2) is 36.7 Å². The molecule has 0 spiro atoms. The van der Waals surface area contributed by atoms with Crippen molar-refractivity contribution >= 4 is 34.3 Å². The van der Waals surface area contributed by atoms with Gasteiger partial charge in [0.1, 0.15) is 5.82 Å². The fourth-order valence-corrected chi connectivity index (χ4v) is 3.17. The van der Waals surface area contributed by atoms with Crippen molar-refractivity contribution in [3.05, 3.63) is 47.8 Å². The molecule has 0 unspecified atom stereocenters. The highest BCUT2D eigenvalue weighted by Gasteiger charge is 2.37. The lowest BCUT2D eigenvalue weighted by atomic mass is 10.1. The van der Waals surface area contributed by atoms with Crippen LogP contribution < -0.4 is 15.5 Å². The molecule has 168 valence electrons. The number of benzene rings is 1. The van der Waals surface area contributed by atoms with E-state index in [0.717, 1.165) is 0 Å². The molecule has 7 nitrogen and oxygen atoms in total. The van der Waals surface area contributed by atoms with Crippen molar-refractivity contribution < 1.29 is 31.1 Å². The highest BCUT2D eigenvalue weighted by molar-refractivity contribution is 5.91. The van der Waals surface area contributed by atoms with E-state index >= 15 is 0 Å². The maximum Gasteiger partial charge on any atom is 0.416 e. The van der Waals surface area contributed by atoms with Gasteiger partial charge in [-0.2, -0.15) is 31.3 Å². The van der Waals surface area contributed by atoms with Crippen LogP contribution in [0.2, 0.25) is 0 Å². The molecule has 2 aromatic heterocycles. The first-order valence-electron chi connectivity index (χ1n) is 9.20. The molecule has 1 amide bonds. The normalized spacial score (nSPS) is 15.1. The molecule has 0 aliphatic carbocycles. The number of pyridine rings is 1. The summed E-state index contributed by atoms with van der Waals surface area (Å²) in [7, 11) is 0. The average Bonchev–Trinajstić information content (AvgIpc) is 2.72. The number of alkyl halides is 6. The minimum Gasteiger partial charge on any atom is -0.353 e. The largest absolute Gasteiger partial charge is 0.416 e. The second kappa shape index (κ2) is 7.80. The molecule has 0 radical (unpaired) electrons. The van der Waals surface area contributed by atoms with Crippen molar-refractivity contribution in [3.8, 4) is 0 Å². The van der Waals surface area contributed by atoms with E-state index in [0.29, 0.717) is 30.7 Å². The van der Waals surface area contributed by atoms with Crippen LogP contribution in [0, 0.1) is 0 Å². The van der Waals surface area contributed by atoms with Gasteiger partial charge in [0.25, 0.3) is 0 Å². The van der Waals surface area contributed by atoms with E-state index in [9.17, 15) is 31.1 Å². The lowest BCUT2D eigenvalue weighted by molar-refractivity contribution is -0.143. The van der Waals surface area contributed by atoms with Crippen LogP contribution in [-0.2, 0) is 17.1 Å². The monoisotopic (exact) mass is 456 g/mol. The zero-order valence-electron chi connectivity index (χ0n) is 16.1. The molecule has 0 saturated carbocycles. The number of rotatable bonds is 3. The van der Waals surface area contributed by atoms with Crippen molar-refractivity contribution in [2.24, 2.45) is 0 Å². The van der Waals surface area contributed by atoms with Crippen LogP contribution in [-0.4, -0.2) is 40.5 Å². The Morgan fingerprint density at radius 3 is 2.31 bits per heavy atom. The van der Waals surface area contributed by atoms with E-state index in [1.165, 1.54) is 18.5 Å². The first-order valence-corrected chi connectivity index (χ1v) is 9.20. The molecule has 2 N–H and O–H groups in total. The molecular weight excluding hydrogens is 442 g/mol. The topological polar surface area (TPSA) is 83.0 Å². The summed E-state index contributed by atoms with van der Waals surface area (Å²) in [6.45, 7) is 0.670. The first-order chi connectivity index (χ1) is 15.0. The third-order valence-electron chi connectivity index (χ3n) is 4.66. The average molecular weight is 456 g/mol. The summed E-state index contributed by atoms with van der Waals surface area (Å²) in [6, 6.07) is 2.69. The number of carbonyl (C=O) groups excluding carboxylic acids is 1. The van der Waals surface area contributed by atoms with E-state index in [4.69, 9.17) is 0 Å². The number of nitrogens with zero attached hydrogens (tertiary/aromatic N) is 4. The predicted octanol–water partition coefficient (Wildman–Crippen LogP) is 3.74. The van der Waals surface area contributed by atoms with Crippen molar-refractivity contribution in [2.75, 3.05) is 29.9 Å². The Labute approximate surface area is 176 Å². The molecule has 1 aliphatic rings. The first kappa shape index (κ1) is 21.6. The van der Waals surface area contributed by atoms with Crippen molar-refractivity contribution in [2.45, 2.75) is 12.4 Å². The summed E-state index contributed by atoms with van der Waals surface area (Å²) in [6.07, 6.45) is -7.21. The van der Waals surface area contributed by atoms with Gasteiger partial charge in [0.15, 0.2) is 0 Å². The second-order valence-corrected chi connectivity index (χ2v) is 6.96. The Morgan fingerprint density at radius 1 is 1.00 bits per heavy atom. The molecule has 4 rings (SSSR count). The molecule has 3 heterocycles. The highest BCUT2D eigenvalue weighted by atomic mass is 19.4. The smallest absolute Gasteiger partial charge is 0.353 e. The Kier molecular flexibility index (Phi) is 5.26. The maximum absolute atomic E-state index is 13.2. The van der Waals surface area contributed by atoms with Crippen LogP contribution in [0.5, 0.6) is 0 Å². The summed E-state index contributed by atoms with van der Waals surface area (Å²) in [5.74, 6) is -0.211. The highest BCUT2D eigenvalue weighted by Crippen LogP contribution is 2.38. The maximum atomic E-state index is 13.2. The molecule has 0 bridgehead atoms. The molecule has 1 saturated heterocycles. The minimum atomic E-state index is -4.99. The second-order valence-electron chi connectivity index (χ2n) is 6.96. The summed E-state index contributed by atoms with van der Waals surface area (Å²) in [5.41, 5.74) is -3.03. The molecule has 3 aromatic rings. The number of hydrogen-bond acceptors (Lipinski definition) is 6. The van der Waals surface area contributed by atoms with Gasteiger partial charge in [-0.25, -0.2) is 4.98 Å².